The zero-order valence-electron chi connectivity index (χ0n) is 11.2. The summed E-state index contributed by atoms with van der Waals surface area (Å²) in [4.78, 5) is 21.9. The van der Waals surface area contributed by atoms with E-state index in [-0.39, 0.29) is 16.7 Å². The maximum absolute atomic E-state index is 11.4. The maximum Gasteiger partial charge on any atom is 0.271 e. The molecule has 0 bridgehead atoms. The van der Waals surface area contributed by atoms with Gasteiger partial charge in [-0.05, 0) is 19.9 Å². The summed E-state index contributed by atoms with van der Waals surface area (Å²) in [6.07, 6.45) is 3.00. The SMILES string of the molecule is CC(C)Oc1ncccc1CNc1nc[nH]c(=O)c1Cl. The molecule has 0 radical (unpaired) electrons. The second kappa shape index (κ2) is 6.38. The van der Waals surface area contributed by atoms with Crippen LogP contribution in [0.1, 0.15) is 19.4 Å². The van der Waals surface area contributed by atoms with E-state index in [9.17, 15) is 4.79 Å². The van der Waals surface area contributed by atoms with E-state index < -0.39 is 0 Å². The minimum Gasteiger partial charge on any atom is -0.475 e. The summed E-state index contributed by atoms with van der Waals surface area (Å²) in [5.41, 5.74) is 0.480. The van der Waals surface area contributed by atoms with E-state index in [1.807, 2.05) is 26.0 Å². The lowest BCUT2D eigenvalue weighted by Crippen LogP contribution is -2.13. The Morgan fingerprint density at radius 1 is 1.45 bits per heavy atom. The molecule has 7 heteroatoms. The Bertz CT molecular complexity index is 642. The van der Waals surface area contributed by atoms with Crippen LogP contribution in [0.15, 0.2) is 29.5 Å². The first-order valence-electron chi connectivity index (χ1n) is 6.15. The van der Waals surface area contributed by atoms with Crippen molar-refractivity contribution in [3.63, 3.8) is 0 Å². The van der Waals surface area contributed by atoms with Crippen LogP contribution >= 0.6 is 11.6 Å². The molecule has 0 atom stereocenters. The summed E-state index contributed by atoms with van der Waals surface area (Å²) < 4.78 is 5.62. The first-order chi connectivity index (χ1) is 9.58. The molecule has 2 aromatic heterocycles. The summed E-state index contributed by atoms with van der Waals surface area (Å²) >= 11 is 5.87. The van der Waals surface area contributed by atoms with Crippen LogP contribution in [0.2, 0.25) is 5.02 Å². The Hall–Kier alpha value is -2.08. The number of anilines is 1. The predicted octanol–water partition coefficient (Wildman–Crippen LogP) is 2.22. The number of H-pyrrole nitrogens is 1. The van der Waals surface area contributed by atoms with Gasteiger partial charge in [0, 0.05) is 18.3 Å². The van der Waals surface area contributed by atoms with Gasteiger partial charge < -0.3 is 15.0 Å². The van der Waals surface area contributed by atoms with Gasteiger partial charge in [0.2, 0.25) is 5.88 Å². The molecule has 0 spiro atoms. The van der Waals surface area contributed by atoms with Crippen LogP contribution in [-0.2, 0) is 6.54 Å². The normalized spacial score (nSPS) is 10.6. The number of aromatic nitrogens is 3. The molecular formula is C13H15ClN4O2. The van der Waals surface area contributed by atoms with Crippen LogP contribution < -0.4 is 15.6 Å². The molecule has 0 saturated carbocycles. The minimum absolute atomic E-state index is 0.0303. The number of halogens is 1. The highest BCUT2D eigenvalue weighted by Gasteiger charge is 2.09. The highest BCUT2D eigenvalue weighted by atomic mass is 35.5. The fourth-order valence-electron chi connectivity index (χ4n) is 1.57. The van der Waals surface area contributed by atoms with Gasteiger partial charge in [-0.25, -0.2) is 9.97 Å². The summed E-state index contributed by atoms with van der Waals surface area (Å²) in [5.74, 6) is 0.880. The first kappa shape index (κ1) is 14.3. The van der Waals surface area contributed by atoms with E-state index in [0.717, 1.165) is 5.56 Å². The van der Waals surface area contributed by atoms with Gasteiger partial charge in [0.25, 0.3) is 5.56 Å². The van der Waals surface area contributed by atoms with Crippen LogP contribution in [0.5, 0.6) is 5.88 Å². The summed E-state index contributed by atoms with van der Waals surface area (Å²) in [6.45, 7) is 4.27. The van der Waals surface area contributed by atoms with Crippen LogP contribution in [0.3, 0.4) is 0 Å². The van der Waals surface area contributed by atoms with Crippen molar-refractivity contribution in [2.75, 3.05) is 5.32 Å². The van der Waals surface area contributed by atoms with Gasteiger partial charge in [-0.3, -0.25) is 4.79 Å². The molecule has 0 aliphatic rings. The molecule has 20 heavy (non-hydrogen) atoms. The molecular weight excluding hydrogens is 280 g/mol. The largest absolute Gasteiger partial charge is 0.475 e. The van der Waals surface area contributed by atoms with Crippen molar-refractivity contribution in [1.29, 1.82) is 0 Å². The molecule has 2 N–H and O–H groups in total. The van der Waals surface area contributed by atoms with Gasteiger partial charge in [0.15, 0.2) is 5.82 Å². The number of ether oxygens (including phenoxy) is 1. The number of pyridine rings is 1. The average Bonchev–Trinajstić information content (AvgIpc) is 2.41. The molecule has 0 amide bonds. The van der Waals surface area contributed by atoms with E-state index >= 15 is 0 Å². The minimum atomic E-state index is -0.381. The van der Waals surface area contributed by atoms with Crippen molar-refractivity contribution in [3.8, 4) is 5.88 Å². The quantitative estimate of drug-likeness (QED) is 0.884. The van der Waals surface area contributed by atoms with Gasteiger partial charge >= 0.3 is 0 Å². The monoisotopic (exact) mass is 294 g/mol. The number of nitrogens with zero attached hydrogens (tertiary/aromatic N) is 2. The Morgan fingerprint density at radius 2 is 2.25 bits per heavy atom. The molecule has 2 rings (SSSR count). The number of rotatable bonds is 5. The smallest absolute Gasteiger partial charge is 0.271 e. The molecule has 0 saturated heterocycles. The third kappa shape index (κ3) is 3.48. The standard InChI is InChI=1S/C13H15ClN4O2/c1-8(2)20-13-9(4-3-5-15-13)6-16-11-10(14)12(19)18-7-17-11/h3-5,7-8H,6H2,1-2H3,(H2,16,17,18,19). The lowest BCUT2D eigenvalue weighted by atomic mass is 10.2. The number of hydrogen-bond acceptors (Lipinski definition) is 5. The van der Waals surface area contributed by atoms with Gasteiger partial charge in [-0.2, -0.15) is 0 Å². The van der Waals surface area contributed by atoms with Crippen molar-refractivity contribution in [3.05, 3.63) is 45.6 Å². The third-order valence-corrected chi connectivity index (χ3v) is 2.79. The predicted molar refractivity (Wildman–Crippen MR) is 77.2 cm³/mol. The number of hydrogen-bond donors (Lipinski definition) is 2. The second-order valence-electron chi connectivity index (χ2n) is 4.38. The highest BCUT2D eigenvalue weighted by molar-refractivity contribution is 6.32. The second-order valence-corrected chi connectivity index (χ2v) is 4.76. The zero-order chi connectivity index (χ0) is 14.5. The Kier molecular flexibility index (Phi) is 4.57. The molecule has 2 aromatic rings. The molecule has 0 aliphatic heterocycles. The Morgan fingerprint density at radius 3 is 3.00 bits per heavy atom. The number of aromatic amines is 1. The molecule has 2 heterocycles. The van der Waals surface area contributed by atoms with Crippen LogP contribution in [-0.4, -0.2) is 21.1 Å². The van der Waals surface area contributed by atoms with E-state index in [1.54, 1.807) is 6.20 Å². The Balaban J connectivity index is 2.15. The summed E-state index contributed by atoms with van der Waals surface area (Å²) in [6, 6.07) is 3.70. The van der Waals surface area contributed by atoms with Gasteiger partial charge in [0.05, 0.1) is 12.4 Å². The molecule has 6 nitrogen and oxygen atoms in total. The first-order valence-corrected chi connectivity index (χ1v) is 6.53. The van der Waals surface area contributed by atoms with Crippen LogP contribution in [0, 0.1) is 0 Å². The summed E-state index contributed by atoms with van der Waals surface area (Å²) in [5, 5.41) is 3.03. The van der Waals surface area contributed by atoms with Gasteiger partial charge in [0.1, 0.15) is 5.02 Å². The van der Waals surface area contributed by atoms with Crippen LogP contribution in [0.25, 0.3) is 0 Å². The average molecular weight is 295 g/mol. The van der Waals surface area contributed by atoms with Crippen molar-refractivity contribution in [2.45, 2.75) is 26.5 Å². The van der Waals surface area contributed by atoms with Crippen molar-refractivity contribution < 1.29 is 4.74 Å². The van der Waals surface area contributed by atoms with E-state index in [0.29, 0.717) is 18.2 Å². The molecule has 0 unspecified atom stereocenters. The van der Waals surface area contributed by atoms with Gasteiger partial charge in [-0.1, -0.05) is 17.7 Å². The molecule has 106 valence electrons. The van der Waals surface area contributed by atoms with E-state index in [4.69, 9.17) is 16.3 Å². The fourth-order valence-corrected chi connectivity index (χ4v) is 1.74. The van der Waals surface area contributed by atoms with Gasteiger partial charge in [-0.15, -0.1) is 0 Å². The molecule has 0 aliphatic carbocycles. The summed E-state index contributed by atoms with van der Waals surface area (Å²) in [7, 11) is 0. The lowest BCUT2D eigenvalue weighted by Gasteiger charge is -2.13. The molecule has 0 aromatic carbocycles. The van der Waals surface area contributed by atoms with Crippen molar-refractivity contribution >= 4 is 17.4 Å². The number of nitrogens with one attached hydrogen (secondary N) is 2. The third-order valence-electron chi connectivity index (χ3n) is 2.44. The van der Waals surface area contributed by atoms with Crippen molar-refractivity contribution in [1.82, 2.24) is 15.0 Å². The van der Waals surface area contributed by atoms with Crippen molar-refractivity contribution in [2.24, 2.45) is 0 Å². The lowest BCUT2D eigenvalue weighted by molar-refractivity contribution is 0.230. The molecule has 0 fully saturated rings. The maximum atomic E-state index is 11.4. The zero-order valence-corrected chi connectivity index (χ0v) is 11.9. The van der Waals surface area contributed by atoms with E-state index in [1.165, 1.54) is 6.33 Å². The highest BCUT2D eigenvalue weighted by Crippen LogP contribution is 2.19. The van der Waals surface area contributed by atoms with E-state index in [2.05, 4.69) is 20.3 Å². The Labute approximate surface area is 121 Å². The fraction of sp³-hybridized carbons (Fsp3) is 0.308. The van der Waals surface area contributed by atoms with Crippen LogP contribution in [0.4, 0.5) is 5.82 Å². The topological polar surface area (TPSA) is 79.9 Å².